The Morgan fingerprint density at radius 1 is 1.09 bits per heavy atom. The largest absolute Gasteiger partial charge is 0.447 e. The number of amides is 1. The minimum atomic E-state index is -4.55. The molecule has 9 heteroatoms. The predicted molar refractivity (Wildman–Crippen MR) is 111 cm³/mol. The van der Waals surface area contributed by atoms with Crippen LogP contribution in [0.2, 0.25) is 0 Å². The van der Waals surface area contributed by atoms with E-state index in [4.69, 9.17) is 4.74 Å². The Hall–Kier alpha value is -3.10. The van der Waals surface area contributed by atoms with E-state index in [0.717, 1.165) is 18.9 Å². The van der Waals surface area contributed by atoms with Crippen LogP contribution in [0.5, 0.6) is 0 Å². The van der Waals surface area contributed by atoms with E-state index in [-0.39, 0.29) is 24.3 Å². The highest BCUT2D eigenvalue weighted by Crippen LogP contribution is 2.36. The molecule has 0 radical (unpaired) electrons. The van der Waals surface area contributed by atoms with Gasteiger partial charge in [-0.3, -0.25) is 9.59 Å². The number of hydrogen-bond acceptors (Lipinski definition) is 5. The first-order valence-corrected chi connectivity index (χ1v) is 10.7. The van der Waals surface area contributed by atoms with E-state index in [1.165, 1.54) is 17.2 Å². The Labute approximate surface area is 183 Å². The van der Waals surface area contributed by atoms with Gasteiger partial charge in [-0.1, -0.05) is 30.3 Å². The van der Waals surface area contributed by atoms with Crippen molar-refractivity contribution in [2.45, 2.75) is 44.0 Å². The SMILES string of the molecule is O=C(OC(C(=O)NC1CC1)c1ccccc1)C1CCCN(c2ncccc2C(F)(F)F)C1. The molecule has 2 unspecified atom stereocenters. The summed E-state index contributed by atoms with van der Waals surface area (Å²) in [4.78, 5) is 31.1. The van der Waals surface area contributed by atoms with Gasteiger partial charge in [0, 0.05) is 30.9 Å². The zero-order valence-electron chi connectivity index (χ0n) is 17.3. The lowest BCUT2D eigenvalue weighted by atomic mass is 9.97. The van der Waals surface area contributed by atoms with E-state index in [1.54, 1.807) is 30.3 Å². The lowest BCUT2D eigenvalue weighted by Gasteiger charge is -2.34. The minimum Gasteiger partial charge on any atom is -0.447 e. The van der Waals surface area contributed by atoms with E-state index >= 15 is 0 Å². The maximum absolute atomic E-state index is 13.4. The molecule has 0 spiro atoms. The number of nitrogens with zero attached hydrogens (tertiary/aromatic N) is 2. The molecule has 2 atom stereocenters. The first kappa shape index (κ1) is 22.1. The monoisotopic (exact) mass is 447 g/mol. The van der Waals surface area contributed by atoms with Crippen molar-refractivity contribution in [2.24, 2.45) is 5.92 Å². The number of alkyl halides is 3. The number of rotatable bonds is 6. The van der Waals surface area contributed by atoms with Gasteiger partial charge in [-0.2, -0.15) is 13.2 Å². The first-order chi connectivity index (χ1) is 15.3. The van der Waals surface area contributed by atoms with Crippen LogP contribution in [0, 0.1) is 5.92 Å². The molecule has 2 aromatic rings. The third-order valence-electron chi connectivity index (χ3n) is 5.64. The number of halogens is 3. The van der Waals surface area contributed by atoms with Gasteiger partial charge in [0.25, 0.3) is 5.91 Å². The number of aromatic nitrogens is 1. The average Bonchev–Trinajstić information content (AvgIpc) is 3.61. The van der Waals surface area contributed by atoms with Crippen LogP contribution in [0.1, 0.15) is 42.9 Å². The number of nitrogens with one attached hydrogen (secondary N) is 1. The van der Waals surface area contributed by atoms with E-state index < -0.39 is 29.7 Å². The molecular formula is C23H24F3N3O3. The van der Waals surface area contributed by atoms with E-state index in [1.807, 2.05) is 0 Å². The molecule has 0 bridgehead atoms. The van der Waals surface area contributed by atoms with Crippen molar-refractivity contribution in [3.63, 3.8) is 0 Å². The van der Waals surface area contributed by atoms with Gasteiger partial charge < -0.3 is 15.0 Å². The summed E-state index contributed by atoms with van der Waals surface area (Å²) in [7, 11) is 0. The highest BCUT2D eigenvalue weighted by atomic mass is 19.4. The quantitative estimate of drug-likeness (QED) is 0.681. The Morgan fingerprint density at radius 3 is 2.53 bits per heavy atom. The summed E-state index contributed by atoms with van der Waals surface area (Å²) in [5.74, 6) is -1.84. The number of piperidine rings is 1. The van der Waals surface area contributed by atoms with Gasteiger partial charge in [0.05, 0.1) is 11.5 Å². The number of carbonyl (C=O) groups excluding carboxylic acids is 2. The summed E-state index contributed by atoms with van der Waals surface area (Å²) in [6.45, 7) is 0.402. The Kier molecular flexibility index (Phi) is 6.34. The van der Waals surface area contributed by atoms with Gasteiger partial charge in [-0.05, 0) is 37.8 Å². The second-order valence-corrected chi connectivity index (χ2v) is 8.17. The fourth-order valence-electron chi connectivity index (χ4n) is 3.85. The van der Waals surface area contributed by atoms with Crippen LogP contribution < -0.4 is 10.2 Å². The second-order valence-electron chi connectivity index (χ2n) is 8.17. The third-order valence-corrected chi connectivity index (χ3v) is 5.64. The molecule has 32 heavy (non-hydrogen) atoms. The Bertz CT molecular complexity index is 964. The number of hydrogen-bond donors (Lipinski definition) is 1. The molecule has 2 aliphatic rings. The summed E-state index contributed by atoms with van der Waals surface area (Å²) in [5.41, 5.74) is -0.282. The molecule has 4 rings (SSSR count). The molecule has 1 saturated carbocycles. The highest BCUT2D eigenvalue weighted by molar-refractivity contribution is 5.86. The van der Waals surface area contributed by atoms with E-state index in [9.17, 15) is 22.8 Å². The first-order valence-electron chi connectivity index (χ1n) is 10.7. The van der Waals surface area contributed by atoms with Gasteiger partial charge in [-0.15, -0.1) is 0 Å². The van der Waals surface area contributed by atoms with Gasteiger partial charge in [-0.25, -0.2) is 4.98 Å². The van der Waals surface area contributed by atoms with Crippen LogP contribution in [0.3, 0.4) is 0 Å². The zero-order chi connectivity index (χ0) is 22.7. The number of anilines is 1. The van der Waals surface area contributed by atoms with Crippen LogP contribution in [0.4, 0.5) is 19.0 Å². The number of pyridine rings is 1. The fourth-order valence-corrected chi connectivity index (χ4v) is 3.85. The minimum absolute atomic E-state index is 0.0463. The van der Waals surface area contributed by atoms with Crippen molar-refractivity contribution >= 4 is 17.7 Å². The lowest BCUT2D eigenvalue weighted by molar-refractivity contribution is -0.160. The number of carbonyl (C=O) groups is 2. The summed E-state index contributed by atoms with van der Waals surface area (Å²) in [6, 6.07) is 11.0. The molecule has 1 N–H and O–H groups in total. The normalized spacial score (nSPS) is 19.8. The smallest absolute Gasteiger partial charge is 0.419 e. The maximum atomic E-state index is 13.4. The Balaban J connectivity index is 1.49. The fraction of sp³-hybridized carbons (Fsp3) is 0.435. The predicted octanol–water partition coefficient (Wildman–Crippen LogP) is 3.88. The van der Waals surface area contributed by atoms with Crippen LogP contribution >= 0.6 is 0 Å². The van der Waals surface area contributed by atoms with Gasteiger partial charge >= 0.3 is 12.1 Å². The molecule has 2 heterocycles. The van der Waals surface area contributed by atoms with Crippen molar-refractivity contribution in [2.75, 3.05) is 18.0 Å². The van der Waals surface area contributed by atoms with Crippen molar-refractivity contribution < 1.29 is 27.5 Å². The Morgan fingerprint density at radius 2 is 1.84 bits per heavy atom. The van der Waals surface area contributed by atoms with Crippen molar-refractivity contribution in [3.8, 4) is 0 Å². The van der Waals surface area contributed by atoms with Crippen LogP contribution in [0.25, 0.3) is 0 Å². The molecule has 1 aromatic heterocycles. The highest BCUT2D eigenvalue weighted by Gasteiger charge is 2.38. The zero-order valence-corrected chi connectivity index (χ0v) is 17.3. The molecule has 1 aliphatic carbocycles. The number of esters is 1. The third kappa shape index (κ3) is 5.20. The average molecular weight is 447 g/mol. The molecular weight excluding hydrogens is 423 g/mol. The second kappa shape index (κ2) is 9.18. The standard InChI is InChI=1S/C23H24F3N3O3/c24-23(25,26)18-9-4-12-27-20(18)29-13-5-8-16(14-29)22(31)32-19(15-6-2-1-3-7-15)21(30)28-17-10-11-17/h1-4,6-7,9,12,16-17,19H,5,8,10-11,13-14H2,(H,28,30). The number of benzene rings is 1. The molecule has 2 fully saturated rings. The van der Waals surface area contributed by atoms with Crippen molar-refractivity contribution in [1.82, 2.24) is 10.3 Å². The summed E-state index contributed by atoms with van der Waals surface area (Å²) < 4.78 is 45.9. The topological polar surface area (TPSA) is 71.5 Å². The molecule has 1 amide bonds. The summed E-state index contributed by atoms with van der Waals surface area (Å²) in [5, 5.41) is 2.86. The molecule has 1 aromatic carbocycles. The van der Waals surface area contributed by atoms with Gasteiger partial charge in [0.15, 0.2) is 0 Å². The van der Waals surface area contributed by atoms with E-state index in [0.29, 0.717) is 24.9 Å². The van der Waals surface area contributed by atoms with Gasteiger partial charge in [0.1, 0.15) is 5.82 Å². The lowest BCUT2D eigenvalue weighted by Crippen LogP contribution is -2.42. The molecule has 6 nitrogen and oxygen atoms in total. The number of ether oxygens (including phenoxy) is 1. The van der Waals surface area contributed by atoms with Gasteiger partial charge in [0.2, 0.25) is 6.10 Å². The molecule has 1 saturated heterocycles. The van der Waals surface area contributed by atoms with E-state index in [2.05, 4.69) is 10.3 Å². The van der Waals surface area contributed by atoms with Crippen LogP contribution in [-0.4, -0.2) is 36.0 Å². The molecule has 1 aliphatic heterocycles. The van der Waals surface area contributed by atoms with Crippen molar-refractivity contribution in [3.05, 3.63) is 59.8 Å². The van der Waals surface area contributed by atoms with Crippen molar-refractivity contribution in [1.29, 1.82) is 0 Å². The summed E-state index contributed by atoms with van der Waals surface area (Å²) >= 11 is 0. The maximum Gasteiger partial charge on any atom is 0.419 e. The van der Waals surface area contributed by atoms with Crippen LogP contribution in [0.15, 0.2) is 48.7 Å². The van der Waals surface area contributed by atoms with Crippen LogP contribution in [-0.2, 0) is 20.5 Å². The molecule has 170 valence electrons. The summed E-state index contributed by atoms with van der Waals surface area (Å²) in [6.07, 6.45) is -1.57.